The first-order valence-corrected chi connectivity index (χ1v) is 10.9. The number of rotatable bonds is 6. The molecular weight excluding hydrogens is 348 g/mol. The second kappa shape index (κ2) is 7.49. The predicted molar refractivity (Wildman–Crippen MR) is 106 cm³/mol. The van der Waals surface area contributed by atoms with Crippen LogP contribution in [0.3, 0.4) is 0 Å². The molecule has 1 aliphatic rings. The molecule has 5 nitrogen and oxygen atoms in total. The highest BCUT2D eigenvalue weighted by atomic mass is 32.2. The molecule has 148 valence electrons. The number of benzene rings is 1. The van der Waals surface area contributed by atoms with Crippen LogP contribution >= 0.6 is 0 Å². The van der Waals surface area contributed by atoms with E-state index in [0.717, 1.165) is 24.2 Å². The maximum atomic E-state index is 13.0. The van der Waals surface area contributed by atoms with E-state index in [1.165, 1.54) is 0 Å². The first-order valence-electron chi connectivity index (χ1n) is 9.44. The molecule has 0 aliphatic carbocycles. The Bertz CT molecular complexity index is 723. The molecule has 0 amide bonds. The summed E-state index contributed by atoms with van der Waals surface area (Å²) in [6.07, 6.45) is 1.51. The Labute approximate surface area is 159 Å². The van der Waals surface area contributed by atoms with Gasteiger partial charge in [-0.15, -0.1) is 0 Å². The van der Waals surface area contributed by atoms with Gasteiger partial charge in [-0.05, 0) is 77.1 Å². The van der Waals surface area contributed by atoms with Gasteiger partial charge in [-0.2, -0.15) is 0 Å². The van der Waals surface area contributed by atoms with Crippen molar-refractivity contribution in [2.24, 2.45) is 0 Å². The van der Waals surface area contributed by atoms with Crippen molar-refractivity contribution in [3.8, 4) is 5.75 Å². The average Bonchev–Trinajstić information content (AvgIpc) is 2.43. The van der Waals surface area contributed by atoms with Crippen molar-refractivity contribution in [2.75, 3.05) is 6.61 Å². The lowest BCUT2D eigenvalue weighted by atomic mass is 9.80. The molecule has 26 heavy (non-hydrogen) atoms. The molecule has 0 unspecified atom stereocenters. The van der Waals surface area contributed by atoms with Crippen LogP contribution in [0.25, 0.3) is 0 Å². The Balaban J connectivity index is 2.28. The van der Waals surface area contributed by atoms with Gasteiger partial charge in [0, 0.05) is 17.1 Å². The fourth-order valence-electron chi connectivity index (χ4n) is 4.12. The Kier molecular flexibility index (Phi) is 6.10. The fraction of sp³-hybridized carbons (Fsp3) is 0.700. The Hall–Kier alpha value is -1.11. The van der Waals surface area contributed by atoms with E-state index in [2.05, 4.69) is 37.7 Å². The maximum absolute atomic E-state index is 13.0. The quantitative estimate of drug-likeness (QED) is 0.785. The van der Waals surface area contributed by atoms with Gasteiger partial charge in [0.1, 0.15) is 5.75 Å². The van der Waals surface area contributed by atoms with Crippen LogP contribution in [0.2, 0.25) is 0 Å². The molecule has 0 radical (unpaired) electrons. The van der Waals surface area contributed by atoms with Gasteiger partial charge < -0.3 is 10.1 Å². The van der Waals surface area contributed by atoms with Crippen molar-refractivity contribution in [2.45, 2.75) is 89.2 Å². The normalized spacial score (nSPS) is 20.3. The van der Waals surface area contributed by atoms with Crippen LogP contribution in [0.1, 0.15) is 72.8 Å². The molecular formula is C20H34N2O3S. The van der Waals surface area contributed by atoms with Gasteiger partial charge >= 0.3 is 0 Å². The third kappa shape index (κ3) is 5.21. The van der Waals surface area contributed by atoms with Crippen LogP contribution in [-0.4, -0.2) is 32.1 Å². The van der Waals surface area contributed by atoms with E-state index < -0.39 is 10.0 Å². The molecule has 1 aliphatic heterocycles. The minimum atomic E-state index is -3.58. The van der Waals surface area contributed by atoms with Crippen molar-refractivity contribution in [3.05, 3.63) is 23.8 Å². The third-order valence-corrected chi connectivity index (χ3v) is 6.24. The molecule has 1 heterocycles. The Morgan fingerprint density at radius 3 is 2.27 bits per heavy atom. The third-order valence-electron chi connectivity index (χ3n) is 4.73. The average molecular weight is 383 g/mol. The summed E-state index contributed by atoms with van der Waals surface area (Å²) < 4.78 is 34.6. The van der Waals surface area contributed by atoms with Gasteiger partial charge in [-0.25, -0.2) is 13.1 Å². The van der Waals surface area contributed by atoms with Gasteiger partial charge in [0.15, 0.2) is 0 Å². The molecule has 1 aromatic rings. The number of hydrogen-bond acceptors (Lipinski definition) is 4. The summed E-state index contributed by atoms with van der Waals surface area (Å²) in [5, 5.41) is 3.58. The molecule has 2 rings (SSSR count). The van der Waals surface area contributed by atoms with Crippen LogP contribution in [0.4, 0.5) is 0 Å². The first kappa shape index (κ1) is 21.2. The summed E-state index contributed by atoms with van der Waals surface area (Å²) in [6, 6.07) is 5.05. The lowest BCUT2D eigenvalue weighted by Crippen LogP contribution is -2.62. The van der Waals surface area contributed by atoms with Gasteiger partial charge in [0.2, 0.25) is 10.0 Å². The molecule has 0 saturated carbocycles. The monoisotopic (exact) mass is 382 g/mol. The molecule has 2 N–H and O–H groups in total. The van der Waals surface area contributed by atoms with E-state index >= 15 is 0 Å². The smallest absolute Gasteiger partial charge is 0.240 e. The van der Waals surface area contributed by atoms with Crippen molar-refractivity contribution >= 4 is 10.0 Å². The lowest BCUT2D eigenvalue weighted by molar-refractivity contribution is 0.157. The van der Waals surface area contributed by atoms with Crippen molar-refractivity contribution in [1.29, 1.82) is 0 Å². The van der Waals surface area contributed by atoms with Gasteiger partial charge in [-0.1, -0.05) is 13.8 Å². The van der Waals surface area contributed by atoms with Gasteiger partial charge in [0.25, 0.3) is 0 Å². The van der Waals surface area contributed by atoms with E-state index in [9.17, 15) is 8.42 Å². The summed E-state index contributed by atoms with van der Waals surface area (Å²) in [5.74, 6) is 0.939. The standard InChI is InChI=1S/C20H34N2O3S/c1-8-25-18-10-9-16(11-17(18)14(2)3)26(23,24)21-15-12-19(4,5)22-20(6,7)13-15/h9-11,14-15,21-22H,8,12-13H2,1-7H3. The van der Waals surface area contributed by atoms with Crippen molar-refractivity contribution in [1.82, 2.24) is 10.0 Å². The van der Waals surface area contributed by atoms with E-state index in [4.69, 9.17) is 4.74 Å². The summed E-state index contributed by atoms with van der Waals surface area (Å²) in [5.41, 5.74) is 0.689. The number of hydrogen-bond donors (Lipinski definition) is 2. The highest BCUT2D eigenvalue weighted by Gasteiger charge is 2.39. The zero-order valence-electron chi connectivity index (χ0n) is 17.1. The van der Waals surface area contributed by atoms with E-state index in [-0.39, 0.29) is 23.0 Å². The molecule has 1 fully saturated rings. The van der Waals surface area contributed by atoms with Gasteiger partial charge in [-0.3, -0.25) is 0 Å². The number of piperidine rings is 1. The highest BCUT2D eigenvalue weighted by Crippen LogP contribution is 2.31. The summed E-state index contributed by atoms with van der Waals surface area (Å²) in [4.78, 5) is 0.304. The number of nitrogens with one attached hydrogen (secondary N) is 2. The zero-order chi connectivity index (χ0) is 19.8. The van der Waals surface area contributed by atoms with Crippen LogP contribution in [0.15, 0.2) is 23.1 Å². The largest absolute Gasteiger partial charge is 0.494 e. The molecule has 0 aromatic heterocycles. The van der Waals surface area contributed by atoms with Gasteiger partial charge in [0.05, 0.1) is 11.5 Å². The van der Waals surface area contributed by atoms with E-state index in [1.807, 2.05) is 20.8 Å². The zero-order valence-corrected chi connectivity index (χ0v) is 18.0. The summed E-state index contributed by atoms with van der Waals surface area (Å²) in [7, 11) is -3.58. The second-order valence-corrected chi connectivity index (χ2v) is 10.6. The summed E-state index contributed by atoms with van der Waals surface area (Å²) >= 11 is 0. The predicted octanol–water partition coefficient (Wildman–Crippen LogP) is 3.80. The fourth-order valence-corrected chi connectivity index (χ4v) is 5.40. The topological polar surface area (TPSA) is 67.4 Å². The molecule has 1 saturated heterocycles. The second-order valence-electron chi connectivity index (χ2n) is 8.91. The lowest BCUT2D eigenvalue weighted by Gasteiger charge is -2.46. The molecule has 1 aromatic carbocycles. The molecule has 0 bridgehead atoms. The van der Waals surface area contributed by atoms with E-state index in [1.54, 1.807) is 18.2 Å². The van der Waals surface area contributed by atoms with E-state index in [0.29, 0.717) is 11.5 Å². The maximum Gasteiger partial charge on any atom is 0.240 e. The van der Waals surface area contributed by atoms with Crippen LogP contribution < -0.4 is 14.8 Å². The highest BCUT2D eigenvalue weighted by molar-refractivity contribution is 7.89. The van der Waals surface area contributed by atoms with Crippen LogP contribution in [0.5, 0.6) is 5.75 Å². The summed E-state index contributed by atoms with van der Waals surface area (Å²) in [6.45, 7) is 15.0. The molecule has 0 spiro atoms. The minimum absolute atomic E-state index is 0.0969. The number of sulfonamides is 1. The minimum Gasteiger partial charge on any atom is -0.494 e. The Morgan fingerprint density at radius 1 is 1.19 bits per heavy atom. The number of ether oxygens (including phenoxy) is 1. The van der Waals surface area contributed by atoms with Crippen LogP contribution in [0, 0.1) is 0 Å². The Morgan fingerprint density at radius 2 is 1.77 bits per heavy atom. The van der Waals surface area contributed by atoms with Crippen molar-refractivity contribution < 1.29 is 13.2 Å². The SMILES string of the molecule is CCOc1ccc(S(=O)(=O)NC2CC(C)(C)NC(C)(C)C2)cc1C(C)C. The molecule has 0 atom stereocenters. The first-order chi connectivity index (χ1) is 11.9. The van der Waals surface area contributed by atoms with Crippen LogP contribution in [-0.2, 0) is 10.0 Å². The molecule has 6 heteroatoms. The van der Waals surface area contributed by atoms with Crippen molar-refractivity contribution in [3.63, 3.8) is 0 Å².